The number of benzene rings is 1. The van der Waals surface area contributed by atoms with Crippen molar-refractivity contribution in [3.8, 4) is 11.4 Å². The van der Waals surface area contributed by atoms with E-state index in [0.717, 1.165) is 41.4 Å². The van der Waals surface area contributed by atoms with Gasteiger partial charge in [-0.15, -0.1) is 0 Å². The maximum absolute atomic E-state index is 9.68. The van der Waals surface area contributed by atoms with Gasteiger partial charge in [0.2, 0.25) is 0 Å². The summed E-state index contributed by atoms with van der Waals surface area (Å²) in [6.07, 6.45) is 3.77. The first kappa shape index (κ1) is 15.7. The molecule has 6 nitrogen and oxygen atoms in total. The molecule has 126 valence electrons. The van der Waals surface area contributed by atoms with Crippen LogP contribution in [0.15, 0.2) is 48.8 Å². The van der Waals surface area contributed by atoms with Crippen LogP contribution in [0.1, 0.15) is 30.1 Å². The average Bonchev–Trinajstić information content (AvgIpc) is 2.68. The largest absolute Gasteiger partial charge is 0.385 e. The van der Waals surface area contributed by atoms with Crippen LogP contribution in [-0.4, -0.2) is 31.6 Å². The first-order valence-corrected chi connectivity index (χ1v) is 8.37. The second-order valence-electron chi connectivity index (χ2n) is 6.15. The standard InChI is InChI=1S/C19H19N5O/c1-13(25)18-20-9-7-17(23-18)24-10-8-16-15(12-24)11-21-19(22-16)14-5-3-2-4-6-14/h2-7,9,11,13,25H,8,10,12H2,1H3/t13-/m1/s1. The van der Waals surface area contributed by atoms with Crippen LogP contribution in [0.5, 0.6) is 0 Å². The number of aliphatic hydroxyl groups excluding tert-OH is 1. The highest BCUT2D eigenvalue weighted by molar-refractivity contribution is 5.55. The van der Waals surface area contributed by atoms with Crippen LogP contribution in [0.4, 0.5) is 5.82 Å². The van der Waals surface area contributed by atoms with E-state index in [0.29, 0.717) is 12.4 Å². The second kappa shape index (κ2) is 6.57. The summed E-state index contributed by atoms with van der Waals surface area (Å²) in [5.74, 6) is 2.04. The smallest absolute Gasteiger partial charge is 0.159 e. The fourth-order valence-corrected chi connectivity index (χ4v) is 2.98. The molecule has 0 fully saturated rings. The van der Waals surface area contributed by atoms with Crippen LogP contribution < -0.4 is 4.90 Å². The zero-order chi connectivity index (χ0) is 17.2. The topological polar surface area (TPSA) is 75.0 Å². The quantitative estimate of drug-likeness (QED) is 0.794. The molecule has 3 aromatic rings. The summed E-state index contributed by atoms with van der Waals surface area (Å²) < 4.78 is 0. The van der Waals surface area contributed by atoms with Crippen molar-refractivity contribution in [3.63, 3.8) is 0 Å². The summed E-state index contributed by atoms with van der Waals surface area (Å²) in [7, 11) is 0. The number of hydrogen-bond donors (Lipinski definition) is 1. The summed E-state index contributed by atoms with van der Waals surface area (Å²) in [5, 5.41) is 9.68. The van der Waals surface area contributed by atoms with E-state index >= 15 is 0 Å². The van der Waals surface area contributed by atoms with E-state index in [1.165, 1.54) is 0 Å². The molecule has 0 saturated carbocycles. The first-order chi connectivity index (χ1) is 12.2. The number of hydrogen-bond acceptors (Lipinski definition) is 6. The molecular formula is C19H19N5O. The predicted octanol–water partition coefficient (Wildman–Crippen LogP) is 2.55. The summed E-state index contributed by atoms with van der Waals surface area (Å²) >= 11 is 0. The maximum atomic E-state index is 9.68. The van der Waals surface area contributed by atoms with E-state index in [9.17, 15) is 5.11 Å². The first-order valence-electron chi connectivity index (χ1n) is 8.37. The number of aliphatic hydroxyl groups is 1. The molecule has 1 atom stereocenters. The molecule has 2 aromatic heterocycles. The molecule has 1 aromatic carbocycles. The van der Waals surface area contributed by atoms with E-state index in [1.807, 2.05) is 42.6 Å². The molecule has 1 aliphatic rings. The summed E-state index contributed by atoms with van der Waals surface area (Å²) in [6.45, 7) is 3.21. The van der Waals surface area contributed by atoms with Gasteiger partial charge in [-0.05, 0) is 13.0 Å². The molecule has 25 heavy (non-hydrogen) atoms. The van der Waals surface area contributed by atoms with Gasteiger partial charge in [-0.1, -0.05) is 30.3 Å². The van der Waals surface area contributed by atoms with Crippen LogP contribution in [-0.2, 0) is 13.0 Å². The minimum atomic E-state index is -0.672. The molecule has 6 heteroatoms. The van der Waals surface area contributed by atoms with Crippen LogP contribution in [0.3, 0.4) is 0 Å². The normalized spacial score (nSPS) is 14.9. The molecule has 0 aliphatic carbocycles. The van der Waals surface area contributed by atoms with Crippen LogP contribution >= 0.6 is 0 Å². The number of anilines is 1. The minimum Gasteiger partial charge on any atom is -0.385 e. The van der Waals surface area contributed by atoms with E-state index < -0.39 is 6.10 Å². The molecule has 4 rings (SSSR count). The monoisotopic (exact) mass is 333 g/mol. The molecule has 0 unspecified atom stereocenters. The average molecular weight is 333 g/mol. The van der Waals surface area contributed by atoms with Gasteiger partial charge >= 0.3 is 0 Å². The van der Waals surface area contributed by atoms with E-state index in [2.05, 4.69) is 19.9 Å². The Morgan fingerprint density at radius 3 is 2.72 bits per heavy atom. The highest BCUT2D eigenvalue weighted by Gasteiger charge is 2.20. The SMILES string of the molecule is C[C@@H](O)c1nccc(N2CCc3nc(-c4ccccc4)ncc3C2)n1. The molecule has 0 saturated heterocycles. The van der Waals surface area contributed by atoms with Crippen LogP contribution in [0.2, 0.25) is 0 Å². The Bertz CT molecular complexity index is 882. The molecular weight excluding hydrogens is 314 g/mol. The fraction of sp³-hybridized carbons (Fsp3) is 0.263. The van der Waals surface area contributed by atoms with Crippen molar-refractivity contribution in [2.24, 2.45) is 0 Å². The van der Waals surface area contributed by atoms with Crippen molar-refractivity contribution in [2.75, 3.05) is 11.4 Å². The van der Waals surface area contributed by atoms with Gasteiger partial charge in [-0.2, -0.15) is 0 Å². The molecule has 0 amide bonds. The van der Waals surface area contributed by atoms with E-state index in [1.54, 1.807) is 13.1 Å². The van der Waals surface area contributed by atoms with Gasteiger partial charge in [0.25, 0.3) is 0 Å². The lowest BCUT2D eigenvalue weighted by molar-refractivity contribution is 0.189. The molecule has 0 spiro atoms. The zero-order valence-corrected chi connectivity index (χ0v) is 14.0. The van der Waals surface area contributed by atoms with Gasteiger partial charge in [-0.25, -0.2) is 19.9 Å². The van der Waals surface area contributed by atoms with Crippen molar-refractivity contribution in [2.45, 2.75) is 26.0 Å². The Labute approximate surface area is 146 Å². The van der Waals surface area contributed by atoms with Crippen molar-refractivity contribution in [1.82, 2.24) is 19.9 Å². The van der Waals surface area contributed by atoms with Crippen molar-refractivity contribution in [1.29, 1.82) is 0 Å². The van der Waals surface area contributed by atoms with Crippen molar-refractivity contribution < 1.29 is 5.11 Å². The van der Waals surface area contributed by atoms with Crippen molar-refractivity contribution >= 4 is 5.82 Å². The number of nitrogens with zero attached hydrogens (tertiary/aromatic N) is 5. The minimum absolute atomic E-state index is 0.443. The van der Waals surface area contributed by atoms with Crippen LogP contribution in [0, 0.1) is 0 Å². The summed E-state index contributed by atoms with van der Waals surface area (Å²) in [4.78, 5) is 20.0. The summed E-state index contributed by atoms with van der Waals surface area (Å²) in [5.41, 5.74) is 3.24. The lowest BCUT2D eigenvalue weighted by Crippen LogP contribution is -2.32. The van der Waals surface area contributed by atoms with Gasteiger partial charge in [0, 0.05) is 43.0 Å². The molecule has 0 radical (unpaired) electrons. The Morgan fingerprint density at radius 2 is 1.92 bits per heavy atom. The third-order valence-corrected chi connectivity index (χ3v) is 4.32. The predicted molar refractivity (Wildman–Crippen MR) is 94.9 cm³/mol. The molecule has 1 aliphatic heterocycles. The number of rotatable bonds is 3. The Morgan fingerprint density at radius 1 is 1.08 bits per heavy atom. The molecule has 1 N–H and O–H groups in total. The highest BCUT2D eigenvalue weighted by atomic mass is 16.3. The van der Waals surface area contributed by atoms with Gasteiger partial charge in [-0.3, -0.25) is 0 Å². The maximum Gasteiger partial charge on any atom is 0.159 e. The van der Waals surface area contributed by atoms with Gasteiger partial charge in [0.1, 0.15) is 11.9 Å². The number of aromatic nitrogens is 4. The second-order valence-corrected chi connectivity index (χ2v) is 6.15. The highest BCUT2D eigenvalue weighted by Crippen LogP contribution is 2.24. The van der Waals surface area contributed by atoms with Crippen LogP contribution in [0.25, 0.3) is 11.4 Å². The Hall–Kier alpha value is -2.86. The zero-order valence-electron chi connectivity index (χ0n) is 14.0. The van der Waals surface area contributed by atoms with Gasteiger partial charge in [0.05, 0.1) is 5.69 Å². The van der Waals surface area contributed by atoms with Gasteiger partial charge < -0.3 is 10.0 Å². The molecule has 0 bridgehead atoms. The Balaban J connectivity index is 1.59. The van der Waals surface area contributed by atoms with E-state index in [4.69, 9.17) is 4.98 Å². The third-order valence-electron chi connectivity index (χ3n) is 4.32. The van der Waals surface area contributed by atoms with Crippen molar-refractivity contribution in [3.05, 3.63) is 65.9 Å². The lowest BCUT2D eigenvalue weighted by atomic mass is 10.1. The fourth-order valence-electron chi connectivity index (χ4n) is 2.98. The van der Waals surface area contributed by atoms with Gasteiger partial charge in [0.15, 0.2) is 11.6 Å². The van der Waals surface area contributed by atoms with E-state index in [-0.39, 0.29) is 0 Å². The summed E-state index contributed by atoms with van der Waals surface area (Å²) in [6, 6.07) is 11.9. The molecule has 3 heterocycles. The number of fused-ring (bicyclic) bond motifs is 1. The lowest BCUT2D eigenvalue weighted by Gasteiger charge is -2.29. The third kappa shape index (κ3) is 3.21. The Kier molecular flexibility index (Phi) is 4.11.